The molecule has 1 aliphatic heterocycles. The highest BCUT2D eigenvalue weighted by Gasteiger charge is 2.46. The monoisotopic (exact) mass is 441 g/mol. The van der Waals surface area contributed by atoms with Crippen LogP contribution in [-0.2, 0) is 18.2 Å². The van der Waals surface area contributed by atoms with Crippen molar-refractivity contribution < 1.29 is 5.21 Å². The molecule has 0 amide bonds. The molecular weight excluding hydrogens is 404 g/mol. The van der Waals surface area contributed by atoms with Crippen LogP contribution in [0.4, 0.5) is 0 Å². The van der Waals surface area contributed by atoms with Gasteiger partial charge in [0.1, 0.15) is 0 Å². The van der Waals surface area contributed by atoms with E-state index >= 15 is 0 Å². The van der Waals surface area contributed by atoms with E-state index in [1.165, 1.54) is 32.9 Å². The van der Waals surface area contributed by atoms with Crippen molar-refractivity contribution in [2.45, 2.75) is 70.5 Å². The molecule has 1 radical (unpaired) electrons. The van der Waals surface area contributed by atoms with Crippen LogP contribution in [0.3, 0.4) is 0 Å². The highest BCUT2D eigenvalue weighted by atomic mass is 16.5. The molecule has 3 aromatic rings. The SMILES string of the molecule is CC1(C)CC(c2ccc(-c3ccc(CNCCc4ccccc4)cc3)cc2)CC(C)(C)N1[O]. The molecule has 0 bridgehead atoms. The lowest BCUT2D eigenvalue weighted by atomic mass is 9.72. The third-order valence-corrected chi connectivity index (χ3v) is 7.02. The molecule has 1 fully saturated rings. The first-order valence-corrected chi connectivity index (χ1v) is 12.2. The summed E-state index contributed by atoms with van der Waals surface area (Å²) in [7, 11) is 0. The second-order valence-electron chi connectivity index (χ2n) is 10.8. The zero-order chi connectivity index (χ0) is 23.5. The van der Waals surface area contributed by atoms with Crippen LogP contribution in [0.2, 0.25) is 0 Å². The second kappa shape index (κ2) is 9.80. The number of benzene rings is 3. The van der Waals surface area contributed by atoms with E-state index in [0.717, 1.165) is 32.4 Å². The molecule has 0 atom stereocenters. The maximum Gasteiger partial charge on any atom is 0.0449 e. The molecule has 0 unspecified atom stereocenters. The Bertz CT molecular complexity index is 1010. The van der Waals surface area contributed by atoms with Gasteiger partial charge in [0.2, 0.25) is 0 Å². The van der Waals surface area contributed by atoms with Crippen LogP contribution >= 0.6 is 0 Å². The lowest BCUT2D eigenvalue weighted by Gasteiger charge is -2.50. The first-order valence-electron chi connectivity index (χ1n) is 12.2. The first kappa shape index (κ1) is 23.7. The Labute approximate surface area is 199 Å². The summed E-state index contributed by atoms with van der Waals surface area (Å²) >= 11 is 0. The molecule has 1 saturated heterocycles. The summed E-state index contributed by atoms with van der Waals surface area (Å²) < 4.78 is 0. The zero-order valence-electron chi connectivity index (χ0n) is 20.5. The van der Waals surface area contributed by atoms with Crippen LogP contribution in [0.1, 0.15) is 63.1 Å². The summed E-state index contributed by atoms with van der Waals surface area (Å²) in [6.45, 7) is 10.1. The van der Waals surface area contributed by atoms with E-state index in [1.54, 1.807) is 0 Å². The molecule has 33 heavy (non-hydrogen) atoms. The summed E-state index contributed by atoms with van der Waals surface area (Å²) in [5.41, 5.74) is 5.82. The molecule has 0 aromatic heterocycles. The average Bonchev–Trinajstić information content (AvgIpc) is 2.81. The van der Waals surface area contributed by atoms with Crippen molar-refractivity contribution in [1.82, 2.24) is 10.4 Å². The van der Waals surface area contributed by atoms with Crippen molar-refractivity contribution in [3.63, 3.8) is 0 Å². The van der Waals surface area contributed by atoms with E-state index in [0.29, 0.717) is 5.92 Å². The van der Waals surface area contributed by atoms with Crippen LogP contribution in [-0.4, -0.2) is 22.7 Å². The Morgan fingerprint density at radius 1 is 0.758 bits per heavy atom. The number of hydrogen-bond acceptors (Lipinski definition) is 2. The lowest BCUT2D eigenvalue weighted by Crippen LogP contribution is -2.57. The van der Waals surface area contributed by atoms with Gasteiger partial charge in [0, 0.05) is 17.6 Å². The summed E-state index contributed by atoms with van der Waals surface area (Å²) in [4.78, 5) is 0. The van der Waals surface area contributed by atoms with Gasteiger partial charge in [-0.2, -0.15) is 0 Å². The fourth-order valence-electron chi connectivity index (χ4n) is 5.37. The van der Waals surface area contributed by atoms with Gasteiger partial charge in [0.15, 0.2) is 0 Å². The Morgan fingerprint density at radius 2 is 1.30 bits per heavy atom. The van der Waals surface area contributed by atoms with Crippen molar-refractivity contribution in [2.75, 3.05) is 6.54 Å². The van der Waals surface area contributed by atoms with Crippen LogP contribution in [0.15, 0.2) is 78.9 Å². The van der Waals surface area contributed by atoms with Gasteiger partial charge in [0.05, 0.1) is 0 Å². The molecule has 0 aliphatic carbocycles. The molecule has 0 saturated carbocycles. The minimum Gasteiger partial charge on any atom is -0.312 e. The number of nitrogens with zero attached hydrogens (tertiary/aromatic N) is 1. The van der Waals surface area contributed by atoms with Crippen molar-refractivity contribution >= 4 is 0 Å². The zero-order valence-corrected chi connectivity index (χ0v) is 20.5. The second-order valence-corrected chi connectivity index (χ2v) is 10.8. The highest BCUT2D eigenvalue weighted by Crippen LogP contribution is 2.44. The number of hydroxylamine groups is 2. The molecule has 1 heterocycles. The maximum atomic E-state index is 12.7. The van der Waals surface area contributed by atoms with Crippen LogP contribution in [0, 0.1) is 0 Å². The van der Waals surface area contributed by atoms with Crippen molar-refractivity contribution in [1.29, 1.82) is 0 Å². The van der Waals surface area contributed by atoms with Gasteiger partial charge in [-0.05, 0) is 87.2 Å². The number of piperidine rings is 1. The van der Waals surface area contributed by atoms with Gasteiger partial charge in [-0.1, -0.05) is 78.9 Å². The standard InChI is InChI=1S/C30H37N2O/c1-29(2)20-28(21-30(3,4)32(29)33)27-16-14-26(15-17-27)25-12-10-24(11-13-25)22-31-19-18-23-8-6-5-7-9-23/h5-17,28,31H,18-22H2,1-4H3. The maximum absolute atomic E-state index is 12.7. The van der Waals surface area contributed by atoms with E-state index in [1.807, 2.05) is 0 Å². The lowest BCUT2D eigenvalue weighted by molar-refractivity contribution is -0.289. The predicted octanol–water partition coefficient (Wildman–Crippen LogP) is 6.77. The normalized spacial score (nSPS) is 18.3. The molecule has 1 aliphatic rings. The Hall–Kier alpha value is -2.46. The molecule has 3 aromatic carbocycles. The summed E-state index contributed by atoms with van der Waals surface area (Å²) in [6, 6.07) is 28.4. The van der Waals surface area contributed by atoms with Gasteiger partial charge in [-0.15, -0.1) is 10.3 Å². The number of hydrogen-bond donors (Lipinski definition) is 1. The Kier molecular flexibility index (Phi) is 7.04. The van der Waals surface area contributed by atoms with Crippen molar-refractivity contribution in [2.24, 2.45) is 0 Å². The van der Waals surface area contributed by atoms with E-state index in [2.05, 4.69) is 112 Å². The van der Waals surface area contributed by atoms with E-state index in [4.69, 9.17) is 0 Å². The summed E-state index contributed by atoms with van der Waals surface area (Å²) in [5.74, 6) is 0.415. The molecule has 173 valence electrons. The molecule has 3 heteroatoms. The van der Waals surface area contributed by atoms with E-state index < -0.39 is 0 Å². The summed E-state index contributed by atoms with van der Waals surface area (Å²) in [5, 5.41) is 17.5. The molecule has 4 rings (SSSR count). The number of rotatable bonds is 7. The highest BCUT2D eigenvalue weighted by molar-refractivity contribution is 5.64. The van der Waals surface area contributed by atoms with Gasteiger partial charge in [-0.25, -0.2) is 0 Å². The first-order chi connectivity index (χ1) is 15.7. The van der Waals surface area contributed by atoms with E-state index in [9.17, 15) is 5.21 Å². The van der Waals surface area contributed by atoms with Crippen LogP contribution < -0.4 is 5.32 Å². The van der Waals surface area contributed by atoms with Crippen molar-refractivity contribution in [3.05, 3.63) is 95.6 Å². The van der Waals surface area contributed by atoms with Gasteiger partial charge < -0.3 is 5.32 Å². The third-order valence-electron chi connectivity index (χ3n) is 7.02. The fourth-order valence-corrected chi connectivity index (χ4v) is 5.37. The summed E-state index contributed by atoms with van der Waals surface area (Å²) in [6.07, 6.45) is 2.84. The predicted molar refractivity (Wildman–Crippen MR) is 136 cm³/mol. The fraction of sp³-hybridized carbons (Fsp3) is 0.400. The van der Waals surface area contributed by atoms with Crippen molar-refractivity contribution in [3.8, 4) is 11.1 Å². The molecule has 3 nitrogen and oxygen atoms in total. The Balaban J connectivity index is 1.34. The van der Waals surface area contributed by atoms with Crippen LogP contribution in [0.5, 0.6) is 0 Å². The minimum absolute atomic E-state index is 0.337. The smallest absolute Gasteiger partial charge is 0.0449 e. The van der Waals surface area contributed by atoms with Crippen LogP contribution in [0.25, 0.3) is 11.1 Å². The average molecular weight is 442 g/mol. The number of nitrogens with one attached hydrogen (secondary N) is 1. The quantitative estimate of drug-likeness (QED) is 0.411. The van der Waals surface area contributed by atoms with Gasteiger partial charge in [-0.3, -0.25) is 0 Å². The molecular formula is C30H37N2O. The largest absolute Gasteiger partial charge is 0.312 e. The Morgan fingerprint density at radius 3 is 1.88 bits per heavy atom. The topological polar surface area (TPSA) is 35.2 Å². The van der Waals surface area contributed by atoms with Gasteiger partial charge in [0.25, 0.3) is 0 Å². The van der Waals surface area contributed by atoms with E-state index in [-0.39, 0.29) is 11.1 Å². The minimum atomic E-state index is -0.337. The molecule has 1 N–H and O–H groups in total. The van der Waals surface area contributed by atoms with Gasteiger partial charge >= 0.3 is 0 Å². The third kappa shape index (κ3) is 5.73. The molecule has 0 spiro atoms.